The SMILES string of the molecule is COc1cc(-c2ccc(CCl)cn2)cc(C2CCC2)c1OC. The molecule has 2 aromatic rings. The van der Waals surface area contributed by atoms with Crippen LogP contribution in [0.3, 0.4) is 0 Å². The van der Waals surface area contributed by atoms with E-state index in [9.17, 15) is 0 Å². The summed E-state index contributed by atoms with van der Waals surface area (Å²) in [6, 6.07) is 8.19. The molecule has 0 spiro atoms. The number of rotatable bonds is 5. The van der Waals surface area contributed by atoms with Crippen molar-refractivity contribution in [2.24, 2.45) is 0 Å². The predicted molar refractivity (Wildman–Crippen MR) is 88.9 cm³/mol. The highest BCUT2D eigenvalue weighted by Gasteiger charge is 2.26. The van der Waals surface area contributed by atoms with Gasteiger partial charge in [-0.1, -0.05) is 12.5 Å². The van der Waals surface area contributed by atoms with Crippen LogP contribution in [0.5, 0.6) is 11.5 Å². The van der Waals surface area contributed by atoms with Gasteiger partial charge in [-0.3, -0.25) is 4.98 Å². The van der Waals surface area contributed by atoms with Gasteiger partial charge < -0.3 is 9.47 Å². The van der Waals surface area contributed by atoms with E-state index in [1.54, 1.807) is 14.2 Å². The van der Waals surface area contributed by atoms with Crippen molar-refractivity contribution in [1.82, 2.24) is 4.98 Å². The molecule has 1 aliphatic carbocycles. The van der Waals surface area contributed by atoms with Gasteiger partial charge in [-0.15, -0.1) is 11.6 Å². The molecule has 3 nitrogen and oxygen atoms in total. The second-order valence-electron chi connectivity index (χ2n) is 5.61. The zero-order valence-electron chi connectivity index (χ0n) is 12.9. The van der Waals surface area contributed by atoms with Crippen LogP contribution in [0.15, 0.2) is 30.5 Å². The molecule has 0 aliphatic heterocycles. The van der Waals surface area contributed by atoms with Crippen molar-refractivity contribution in [1.29, 1.82) is 0 Å². The maximum absolute atomic E-state index is 5.83. The number of benzene rings is 1. The van der Waals surface area contributed by atoms with E-state index in [0.29, 0.717) is 11.8 Å². The number of ether oxygens (including phenoxy) is 2. The Morgan fingerprint density at radius 1 is 1.18 bits per heavy atom. The molecule has 0 bridgehead atoms. The van der Waals surface area contributed by atoms with Gasteiger partial charge in [0.1, 0.15) is 0 Å². The highest BCUT2D eigenvalue weighted by molar-refractivity contribution is 6.17. The van der Waals surface area contributed by atoms with E-state index in [4.69, 9.17) is 21.1 Å². The van der Waals surface area contributed by atoms with Gasteiger partial charge in [0.25, 0.3) is 0 Å². The molecule has 1 saturated carbocycles. The summed E-state index contributed by atoms with van der Waals surface area (Å²) in [4.78, 5) is 4.51. The van der Waals surface area contributed by atoms with E-state index in [1.807, 2.05) is 24.4 Å². The topological polar surface area (TPSA) is 31.4 Å². The van der Waals surface area contributed by atoms with Crippen molar-refractivity contribution in [3.05, 3.63) is 41.6 Å². The Bertz CT molecular complexity index is 651. The predicted octanol–water partition coefficient (Wildman–Crippen LogP) is 4.77. The smallest absolute Gasteiger partial charge is 0.164 e. The minimum absolute atomic E-state index is 0.479. The van der Waals surface area contributed by atoms with Gasteiger partial charge in [0.2, 0.25) is 0 Å². The standard InChI is InChI=1S/C18H20ClNO2/c1-21-17-9-14(16-7-6-12(10-19)11-20-16)8-15(18(17)22-2)13-4-3-5-13/h6-9,11,13H,3-5,10H2,1-2H3. The van der Waals surface area contributed by atoms with Crippen LogP contribution in [0.2, 0.25) is 0 Å². The third kappa shape index (κ3) is 2.78. The fourth-order valence-electron chi connectivity index (χ4n) is 2.84. The van der Waals surface area contributed by atoms with E-state index >= 15 is 0 Å². The number of methoxy groups -OCH3 is 2. The summed E-state index contributed by atoms with van der Waals surface area (Å²) >= 11 is 5.83. The number of nitrogens with zero attached hydrogens (tertiary/aromatic N) is 1. The Hall–Kier alpha value is -1.74. The molecule has 116 valence electrons. The Kier molecular flexibility index (Phi) is 4.53. The zero-order valence-corrected chi connectivity index (χ0v) is 13.7. The molecule has 0 atom stereocenters. The van der Waals surface area contributed by atoms with Crippen LogP contribution in [-0.4, -0.2) is 19.2 Å². The molecule has 0 amide bonds. The molecular formula is C18H20ClNO2. The molecule has 1 aliphatic rings. The van der Waals surface area contributed by atoms with Gasteiger partial charge >= 0.3 is 0 Å². The first-order chi connectivity index (χ1) is 10.8. The molecule has 0 N–H and O–H groups in total. The summed E-state index contributed by atoms with van der Waals surface area (Å²) in [5.41, 5.74) is 4.23. The Morgan fingerprint density at radius 3 is 2.50 bits per heavy atom. The third-order valence-corrected chi connectivity index (χ3v) is 4.64. The maximum atomic E-state index is 5.83. The van der Waals surface area contributed by atoms with Gasteiger partial charge in [0.15, 0.2) is 11.5 Å². The van der Waals surface area contributed by atoms with Crippen molar-refractivity contribution < 1.29 is 9.47 Å². The minimum atomic E-state index is 0.479. The first-order valence-corrected chi connectivity index (χ1v) is 8.07. The van der Waals surface area contributed by atoms with Crippen LogP contribution in [0.1, 0.15) is 36.3 Å². The highest BCUT2D eigenvalue weighted by atomic mass is 35.5. The van der Waals surface area contributed by atoms with Crippen LogP contribution < -0.4 is 9.47 Å². The summed E-state index contributed by atoms with van der Waals surface area (Å²) in [5, 5.41) is 0. The third-order valence-electron chi connectivity index (χ3n) is 4.33. The lowest BCUT2D eigenvalue weighted by molar-refractivity contribution is 0.337. The second-order valence-corrected chi connectivity index (χ2v) is 5.88. The lowest BCUT2D eigenvalue weighted by Crippen LogP contribution is -2.11. The van der Waals surface area contributed by atoms with E-state index < -0.39 is 0 Å². The normalized spacial score (nSPS) is 14.5. The number of pyridine rings is 1. The van der Waals surface area contributed by atoms with E-state index in [0.717, 1.165) is 28.3 Å². The molecule has 1 aromatic carbocycles. The van der Waals surface area contributed by atoms with Gasteiger partial charge in [-0.25, -0.2) is 0 Å². The van der Waals surface area contributed by atoms with Gasteiger partial charge in [-0.2, -0.15) is 0 Å². The monoisotopic (exact) mass is 317 g/mol. The number of hydrogen-bond acceptors (Lipinski definition) is 3. The summed E-state index contributed by atoms with van der Waals surface area (Å²) in [6.45, 7) is 0. The first-order valence-electron chi connectivity index (χ1n) is 7.54. The average molecular weight is 318 g/mol. The number of aromatic nitrogens is 1. The number of alkyl halides is 1. The lowest BCUT2D eigenvalue weighted by atomic mass is 9.79. The highest BCUT2D eigenvalue weighted by Crippen LogP contribution is 2.46. The molecule has 1 fully saturated rings. The number of halogens is 1. The molecule has 0 radical (unpaired) electrons. The fourth-order valence-corrected chi connectivity index (χ4v) is 3.00. The molecule has 1 aromatic heterocycles. The first kappa shape index (κ1) is 15.2. The second kappa shape index (κ2) is 6.57. The van der Waals surface area contributed by atoms with E-state index in [-0.39, 0.29) is 0 Å². The molecule has 1 heterocycles. The van der Waals surface area contributed by atoms with Crippen LogP contribution in [-0.2, 0) is 5.88 Å². The van der Waals surface area contributed by atoms with E-state index in [2.05, 4.69) is 11.1 Å². The molecule has 22 heavy (non-hydrogen) atoms. The summed E-state index contributed by atoms with van der Waals surface area (Å²) in [6.07, 6.45) is 5.52. The Labute approximate surface area is 136 Å². The fraction of sp³-hybridized carbons (Fsp3) is 0.389. The molecule has 4 heteroatoms. The van der Waals surface area contributed by atoms with Crippen molar-refractivity contribution in [3.63, 3.8) is 0 Å². The van der Waals surface area contributed by atoms with Gasteiger partial charge in [0.05, 0.1) is 19.9 Å². The van der Waals surface area contributed by atoms with E-state index in [1.165, 1.54) is 24.8 Å². The molecule has 0 unspecified atom stereocenters. The van der Waals surface area contributed by atoms with Crippen molar-refractivity contribution in [3.8, 4) is 22.8 Å². The lowest BCUT2D eigenvalue weighted by Gasteiger charge is -2.28. The Balaban J connectivity index is 2.06. The van der Waals surface area contributed by atoms with Crippen LogP contribution in [0, 0.1) is 0 Å². The molecule has 0 saturated heterocycles. The largest absolute Gasteiger partial charge is 0.493 e. The minimum Gasteiger partial charge on any atom is -0.493 e. The van der Waals surface area contributed by atoms with Crippen LogP contribution in [0.4, 0.5) is 0 Å². The quantitative estimate of drug-likeness (QED) is 0.744. The number of hydrogen-bond donors (Lipinski definition) is 0. The Morgan fingerprint density at radius 2 is 2.00 bits per heavy atom. The van der Waals surface area contributed by atoms with Gasteiger partial charge in [-0.05, 0) is 42.5 Å². The summed E-state index contributed by atoms with van der Waals surface area (Å²) in [7, 11) is 3.38. The van der Waals surface area contributed by atoms with Crippen LogP contribution >= 0.6 is 11.6 Å². The van der Waals surface area contributed by atoms with Gasteiger partial charge in [0, 0.05) is 23.2 Å². The maximum Gasteiger partial charge on any atom is 0.164 e. The van der Waals surface area contributed by atoms with Crippen molar-refractivity contribution in [2.75, 3.05) is 14.2 Å². The van der Waals surface area contributed by atoms with Crippen LogP contribution in [0.25, 0.3) is 11.3 Å². The average Bonchev–Trinajstić information content (AvgIpc) is 2.52. The summed E-state index contributed by atoms with van der Waals surface area (Å²) < 4.78 is 11.1. The molecular weight excluding hydrogens is 298 g/mol. The summed E-state index contributed by atoms with van der Waals surface area (Å²) in [5.74, 6) is 2.66. The molecule has 3 rings (SSSR count). The zero-order chi connectivity index (χ0) is 15.5. The van der Waals surface area contributed by atoms with Crippen molar-refractivity contribution >= 4 is 11.6 Å². The van der Waals surface area contributed by atoms with Crippen molar-refractivity contribution in [2.45, 2.75) is 31.1 Å².